The van der Waals surface area contributed by atoms with Crippen molar-refractivity contribution < 1.29 is 9.59 Å². The first kappa shape index (κ1) is 25.9. The Morgan fingerprint density at radius 1 is 0.795 bits per heavy atom. The maximum absolute atomic E-state index is 14.3. The minimum atomic E-state index is -0.892. The molecule has 0 saturated heterocycles. The molecule has 0 unspecified atom stereocenters. The fourth-order valence-electron chi connectivity index (χ4n) is 4.99. The molecule has 4 aromatic carbocycles. The topological polar surface area (TPSA) is 80.1 Å². The summed E-state index contributed by atoms with van der Waals surface area (Å²) in [7, 11) is 0. The second kappa shape index (κ2) is 11.3. The van der Waals surface area contributed by atoms with E-state index in [2.05, 4.69) is 15.6 Å². The fraction of sp³-hybridized carbons (Fsp3) is 0.188. The van der Waals surface area contributed by atoms with E-state index >= 15 is 0 Å². The van der Waals surface area contributed by atoms with E-state index in [-0.39, 0.29) is 18.4 Å². The molecule has 0 fully saturated rings. The Labute approximate surface area is 228 Å². The van der Waals surface area contributed by atoms with Gasteiger partial charge in [-0.25, -0.2) is 4.68 Å². The number of para-hydroxylation sites is 2. The van der Waals surface area contributed by atoms with Crippen molar-refractivity contribution >= 4 is 28.5 Å². The third-order valence-corrected chi connectivity index (χ3v) is 6.95. The standard InChI is InChI=1S/C32H31N5O2/c1-22-12-7-8-17-26(22)31(32(39)33-20-25-15-5-4-6-16-25)37(30-23(2)13-11-14-24(30)3)29(38)21-36-28-19-10-9-18-27(28)34-35-36/h4-19,31H,20-21H2,1-3H3,(H,33,39)/t31-/m0/s1. The monoisotopic (exact) mass is 517 g/mol. The molecule has 0 spiro atoms. The van der Waals surface area contributed by atoms with Crippen molar-refractivity contribution in [3.05, 3.63) is 125 Å². The van der Waals surface area contributed by atoms with Crippen LogP contribution in [0.25, 0.3) is 11.0 Å². The predicted octanol–water partition coefficient (Wildman–Crippen LogP) is 5.45. The van der Waals surface area contributed by atoms with Crippen molar-refractivity contribution in [2.45, 2.75) is 39.9 Å². The molecule has 1 atom stereocenters. The van der Waals surface area contributed by atoms with E-state index in [1.807, 2.05) is 118 Å². The van der Waals surface area contributed by atoms with Gasteiger partial charge in [0.25, 0.3) is 0 Å². The lowest BCUT2D eigenvalue weighted by Crippen LogP contribution is -2.46. The first-order valence-electron chi connectivity index (χ1n) is 13.0. The zero-order valence-corrected chi connectivity index (χ0v) is 22.3. The zero-order valence-electron chi connectivity index (χ0n) is 22.3. The molecule has 1 aromatic heterocycles. The minimum absolute atomic E-state index is 0.0668. The molecule has 0 saturated carbocycles. The van der Waals surface area contributed by atoms with Crippen LogP contribution in [0.3, 0.4) is 0 Å². The summed E-state index contributed by atoms with van der Waals surface area (Å²) >= 11 is 0. The van der Waals surface area contributed by atoms with Gasteiger partial charge in [-0.05, 0) is 60.7 Å². The predicted molar refractivity (Wildman–Crippen MR) is 153 cm³/mol. The molecule has 7 nitrogen and oxygen atoms in total. The van der Waals surface area contributed by atoms with E-state index < -0.39 is 6.04 Å². The Bertz CT molecular complexity index is 1610. The Morgan fingerprint density at radius 3 is 2.18 bits per heavy atom. The first-order valence-corrected chi connectivity index (χ1v) is 13.0. The molecule has 5 rings (SSSR count). The lowest BCUT2D eigenvalue weighted by atomic mass is 9.96. The molecular weight excluding hydrogens is 486 g/mol. The van der Waals surface area contributed by atoms with Crippen LogP contribution in [0.5, 0.6) is 0 Å². The summed E-state index contributed by atoms with van der Waals surface area (Å²) in [6, 6.07) is 30.0. The highest BCUT2D eigenvalue weighted by Gasteiger charge is 2.35. The van der Waals surface area contributed by atoms with Crippen molar-refractivity contribution in [2.24, 2.45) is 0 Å². The molecule has 196 valence electrons. The average Bonchev–Trinajstić information content (AvgIpc) is 3.35. The van der Waals surface area contributed by atoms with Crippen molar-refractivity contribution in [1.29, 1.82) is 0 Å². The fourth-order valence-corrected chi connectivity index (χ4v) is 4.99. The van der Waals surface area contributed by atoms with Crippen LogP contribution < -0.4 is 10.2 Å². The van der Waals surface area contributed by atoms with Crippen LogP contribution in [-0.4, -0.2) is 26.8 Å². The van der Waals surface area contributed by atoms with Gasteiger partial charge in [-0.15, -0.1) is 5.10 Å². The lowest BCUT2D eigenvalue weighted by Gasteiger charge is -2.34. The molecule has 0 bridgehead atoms. The number of hydrogen-bond donors (Lipinski definition) is 1. The SMILES string of the molecule is Cc1ccccc1[C@@H](C(=O)NCc1ccccc1)N(C(=O)Cn1nnc2ccccc21)c1c(C)cccc1C. The second-order valence-electron chi connectivity index (χ2n) is 9.70. The summed E-state index contributed by atoms with van der Waals surface area (Å²) < 4.78 is 1.59. The third-order valence-electron chi connectivity index (χ3n) is 6.95. The van der Waals surface area contributed by atoms with Gasteiger partial charge in [-0.1, -0.05) is 90.1 Å². The number of nitrogens with one attached hydrogen (secondary N) is 1. The van der Waals surface area contributed by atoms with Crippen LogP contribution in [0.2, 0.25) is 0 Å². The van der Waals surface area contributed by atoms with Gasteiger partial charge in [0.05, 0.1) is 11.2 Å². The van der Waals surface area contributed by atoms with Crippen LogP contribution in [0.4, 0.5) is 5.69 Å². The van der Waals surface area contributed by atoms with Crippen LogP contribution in [-0.2, 0) is 22.7 Å². The summed E-state index contributed by atoms with van der Waals surface area (Å²) in [4.78, 5) is 30.0. The molecule has 1 N–H and O–H groups in total. The van der Waals surface area contributed by atoms with Crippen LogP contribution >= 0.6 is 0 Å². The summed E-state index contributed by atoms with van der Waals surface area (Å²) in [6.45, 7) is 6.17. The van der Waals surface area contributed by atoms with E-state index in [4.69, 9.17) is 0 Å². The minimum Gasteiger partial charge on any atom is -0.350 e. The van der Waals surface area contributed by atoms with Crippen LogP contribution in [0, 0.1) is 20.8 Å². The Hall–Kier alpha value is -4.78. The zero-order chi connectivity index (χ0) is 27.4. The Morgan fingerprint density at radius 2 is 1.44 bits per heavy atom. The molecule has 2 amide bonds. The molecule has 39 heavy (non-hydrogen) atoms. The number of aryl methyl sites for hydroxylation is 3. The van der Waals surface area contributed by atoms with E-state index in [0.717, 1.165) is 39.0 Å². The van der Waals surface area contributed by atoms with E-state index in [1.54, 1.807) is 9.58 Å². The Kier molecular flexibility index (Phi) is 7.50. The van der Waals surface area contributed by atoms with Crippen molar-refractivity contribution in [3.8, 4) is 0 Å². The normalized spacial score (nSPS) is 11.8. The van der Waals surface area contributed by atoms with Crippen molar-refractivity contribution in [1.82, 2.24) is 20.3 Å². The van der Waals surface area contributed by atoms with Gasteiger partial charge in [0, 0.05) is 6.54 Å². The number of hydrogen-bond acceptors (Lipinski definition) is 4. The van der Waals surface area contributed by atoms with Gasteiger partial charge in [-0.3, -0.25) is 14.5 Å². The number of carbonyl (C=O) groups excluding carboxylic acids is 2. The molecule has 0 aliphatic rings. The first-order chi connectivity index (χ1) is 18.9. The molecule has 0 radical (unpaired) electrons. The van der Waals surface area contributed by atoms with Gasteiger partial charge < -0.3 is 5.32 Å². The number of anilines is 1. The molecular formula is C32H31N5O2. The van der Waals surface area contributed by atoms with E-state index in [9.17, 15) is 9.59 Å². The number of nitrogens with zero attached hydrogens (tertiary/aromatic N) is 4. The van der Waals surface area contributed by atoms with Gasteiger partial charge >= 0.3 is 0 Å². The average molecular weight is 518 g/mol. The lowest BCUT2D eigenvalue weighted by molar-refractivity contribution is -0.127. The number of carbonyl (C=O) groups is 2. The van der Waals surface area contributed by atoms with Gasteiger partial charge in [-0.2, -0.15) is 0 Å². The molecule has 1 heterocycles. The maximum atomic E-state index is 14.3. The second-order valence-corrected chi connectivity index (χ2v) is 9.70. The maximum Gasteiger partial charge on any atom is 0.249 e. The highest BCUT2D eigenvalue weighted by molar-refractivity contribution is 6.02. The van der Waals surface area contributed by atoms with Crippen LogP contribution in [0.1, 0.15) is 33.9 Å². The summed E-state index contributed by atoms with van der Waals surface area (Å²) in [5, 5.41) is 11.6. The van der Waals surface area contributed by atoms with Gasteiger partial charge in [0.1, 0.15) is 18.1 Å². The molecule has 5 aromatic rings. The quantitative estimate of drug-likeness (QED) is 0.297. The highest BCUT2D eigenvalue weighted by atomic mass is 16.2. The van der Waals surface area contributed by atoms with Crippen LogP contribution in [0.15, 0.2) is 97.1 Å². The number of rotatable bonds is 8. The molecule has 0 aliphatic heterocycles. The number of amides is 2. The van der Waals surface area contributed by atoms with E-state index in [1.165, 1.54) is 0 Å². The number of fused-ring (bicyclic) bond motifs is 1. The van der Waals surface area contributed by atoms with Crippen molar-refractivity contribution in [3.63, 3.8) is 0 Å². The number of aromatic nitrogens is 3. The third kappa shape index (κ3) is 5.43. The Balaban J connectivity index is 1.61. The number of benzene rings is 4. The summed E-state index contributed by atoms with van der Waals surface area (Å²) in [6.07, 6.45) is 0. The summed E-state index contributed by atoms with van der Waals surface area (Å²) in [5.41, 5.74) is 6.66. The highest BCUT2D eigenvalue weighted by Crippen LogP contribution is 2.35. The van der Waals surface area contributed by atoms with Crippen molar-refractivity contribution in [2.75, 3.05) is 4.90 Å². The molecule has 7 heteroatoms. The molecule has 0 aliphatic carbocycles. The smallest absolute Gasteiger partial charge is 0.249 e. The summed E-state index contributed by atoms with van der Waals surface area (Å²) in [5.74, 6) is -0.515. The largest absolute Gasteiger partial charge is 0.350 e. The van der Waals surface area contributed by atoms with Gasteiger partial charge in [0.2, 0.25) is 11.8 Å². The van der Waals surface area contributed by atoms with Gasteiger partial charge in [0.15, 0.2) is 0 Å². The van der Waals surface area contributed by atoms with E-state index in [0.29, 0.717) is 12.1 Å².